The molecule has 2 aromatic heterocycles. The van der Waals surface area contributed by atoms with E-state index in [2.05, 4.69) is 39.8 Å². The van der Waals surface area contributed by atoms with Crippen molar-refractivity contribution in [1.82, 2.24) is 4.57 Å². The van der Waals surface area contributed by atoms with Crippen LogP contribution in [-0.4, -0.2) is 45.1 Å². The molecule has 8 nitrogen and oxygen atoms in total. The Bertz CT molecular complexity index is 1900. The molecule has 1 aliphatic rings. The quantitative estimate of drug-likeness (QED) is 0.178. The van der Waals surface area contributed by atoms with Crippen LogP contribution in [0.4, 0.5) is 5.69 Å². The Morgan fingerprint density at radius 3 is 2.07 bits per heavy atom. The lowest BCUT2D eigenvalue weighted by molar-refractivity contribution is 0.230. The third-order valence-electron chi connectivity index (χ3n) is 7.84. The average Bonchev–Trinajstić information content (AvgIpc) is 3.32. The molecule has 43 heavy (non-hydrogen) atoms. The molecule has 0 atom stereocenters. The number of aryl methyl sites for hydroxylation is 2. The Balaban J connectivity index is 1.74. The summed E-state index contributed by atoms with van der Waals surface area (Å²) in [5, 5.41) is 1.60. The van der Waals surface area contributed by atoms with Gasteiger partial charge in [0.25, 0.3) is 0 Å². The smallest absolute Gasteiger partial charge is 0.361 e. The van der Waals surface area contributed by atoms with E-state index in [1.165, 1.54) is 0 Å². The van der Waals surface area contributed by atoms with Gasteiger partial charge in [0.15, 0.2) is 23.0 Å². The highest BCUT2D eigenvalue weighted by molar-refractivity contribution is 6.17. The minimum Gasteiger partial charge on any atom is -0.493 e. The van der Waals surface area contributed by atoms with Crippen molar-refractivity contribution in [2.75, 3.05) is 33.2 Å². The van der Waals surface area contributed by atoms with Crippen LogP contribution in [0.25, 0.3) is 44.3 Å². The summed E-state index contributed by atoms with van der Waals surface area (Å²) in [5.74, 6) is 2.47. The molecule has 0 spiro atoms. The van der Waals surface area contributed by atoms with Crippen molar-refractivity contribution in [3.63, 3.8) is 0 Å². The van der Waals surface area contributed by atoms with Crippen molar-refractivity contribution in [2.24, 2.45) is 0 Å². The SMILES string of the molecule is COc1cc2c(cc1OC(C)C)CCn1c-2c(-c2ccc(N(C)C)cc2)c2c3cc(OC)c(OC(C)C)cc3oc(=O)c21. The fourth-order valence-corrected chi connectivity index (χ4v) is 6.05. The minimum absolute atomic E-state index is 0.00306. The average molecular weight is 583 g/mol. The molecule has 0 aliphatic carbocycles. The van der Waals surface area contributed by atoms with E-state index >= 15 is 0 Å². The lowest BCUT2D eigenvalue weighted by Gasteiger charge is -2.24. The zero-order chi connectivity index (χ0) is 30.6. The van der Waals surface area contributed by atoms with Crippen LogP contribution in [0, 0.1) is 0 Å². The van der Waals surface area contributed by atoms with Gasteiger partial charge in [-0.05, 0) is 75.6 Å². The molecular weight excluding hydrogens is 544 g/mol. The highest BCUT2D eigenvalue weighted by Crippen LogP contribution is 2.49. The topological polar surface area (TPSA) is 75.3 Å². The molecule has 3 aromatic carbocycles. The van der Waals surface area contributed by atoms with Crippen LogP contribution < -0.4 is 29.5 Å². The Labute approximate surface area is 251 Å². The van der Waals surface area contributed by atoms with Gasteiger partial charge in [0.2, 0.25) is 0 Å². The van der Waals surface area contributed by atoms with Crippen LogP contribution in [0.15, 0.2) is 57.7 Å². The highest BCUT2D eigenvalue weighted by atomic mass is 16.5. The predicted octanol–water partition coefficient (Wildman–Crippen LogP) is 7.30. The summed E-state index contributed by atoms with van der Waals surface area (Å²) in [7, 11) is 7.31. The van der Waals surface area contributed by atoms with E-state index in [0.29, 0.717) is 40.6 Å². The summed E-state index contributed by atoms with van der Waals surface area (Å²) < 4.78 is 31.8. The predicted molar refractivity (Wildman–Crippen MR) is 172 cm³/mol. The maximum Gasteiger partial charge on any atom is 0.361 e. The standard InChI is InChI=1S/C35H38N2O6/c1-19(2)41-29-15-22-13-14-37-33(24(22)16-27(29)39-7)31(21-9-11-23(12-10-21)36(5)6)32-25-17-28(40-8)30(42-20(3)4)18-26(25)43-35(38)34(32)37/h9-12,15-20H,13-14H2,1-8H3. The number of hydrogen-bond acceptors (Lipinski definition) is 7. The van der Waals surface area contributed by atoms with Crippen LogP contribution in [0.5, 0.6) is 23.0 Å². The van der Waals surface area contributed by atoms with Crippen molar-refractivity contribution >= 4 is 27.6 Å². The van der Waals surface area contributed by atoms with Crippen LogP contribution in [0.3, 0.4) is 0 Å². The molecule has 0 saturated carbocycles. The van der Waals surface area contributed by atoms with Crippen molar-refractivity contribution in [1.29, 1.82) is 0 Å². The number of rotatable bonds is 8. The van der Waals surface area contributed by atoms with Crippen LogP contribution in [0.2, 0.25) is 0 Å². The van der Waals surface area contributed by atoms with E-state index in [1.807, 2.05) is 53.9 Å². The molecule has 5 aromatic rings. The van der Waals surface area contributed by atoms with Gasteiger partial charge in [0.1, 0.15) is 11.1 Å². The number of anilines is 1. The number of hydrogen-bond donors (Lipinski definition) is 0. The largest absolute Gasteiger partial charge is 0.493 e. The van der Waals surface area contributed by atoms with Gasteiger partial charge >= 0.3 is 5.63 Å². The Morgan fingerprint density at radius 1 is 0.837 bits per heavy atom. The van der Waals surface area contributed by atoms with Gasteiger partial charge in [0.05, 0.1) is 32.1 Å². The molecule has 8 heteroatoms. The van der Waals surface area contributed by atoms with Crippen molar-refractivity contribution < 1.29 is 23.4 Å². The molecule has 0 amide bonds. The Hall–Kier alpha value is -4.59. The number of nitrogens with zero attached hydrogens (tertiary/aromatic N) is 2. The van der Waals surface area contributed by atoms with E-state index in [0.717, 1.165) is 50.8 Å². The fraction of sp³-hybridized carbons (Fsp3) is 0.343. The van der Waals surface area contributed by atoms with Crippen LogP contribution >= 0.6 is 0 Å². The zero-order valence-electron chi connectivity index (χ0n) is 26.0. The van der Waals surface area contributed by atoms with Crippen molar-refractivity contribution in [2.45, 2.75) is 52.9 Å². The molecule has 6 rings (SSSR count). The second kappa shape index (κ2) is 10.9. The number of benzene rings is 3. The Morgan fingerprint density at radius 2 is 1.47 bits per heavy atom. The van der Waals surface area contributed by atoms with E-state index in [9.17, 15) is 4.79 Å². The zero-order valence-corrected chi connectivity index (χ0v) is 26.0. The summed E-state index contributed by atoms with van der Waals surface area (Å²) in [6.45, 7) is 8.52. The first kappa shape index (κ1) is 28.5. The molecular formula is C35H38N2O6. The molecule has 1 aliphatic heterocycles. The normalized spacial score (nSPS) is 12.5. The van der Waals surface area contributed by atoms with Gasteiger partial charge in [-0.25, -0.2) is 4.79 Å². The third-order valence-corrected chi connectivity index (χ3v) is 7.84. The summed E-state index contributed by atoms with van der Waals surface area (Å²) in [4.78, 5) is 15.9. The monoisotopic (exact) mass is 582 g/mol. The first-order valence-corrected chi connectivity index (χ1v) is 14.6. The van der Waals surface area contributed by atoms with E-state index in [1.54, 1.807) is 20.3 Å². The lowest BCUT2D eigenvalue weighted by Crippen LogP contribution is -2.15. The number of ether oxygens (including phenoxy) is 4. The molecule has 0 bridgehead atoms. The highest BCUT2D eigenvalue weighted by Gasteiger charge is 2.31. The fourth-order valence-electron chi connectivity index (χ4n) is 6.05. The third kappa shape index (κ3) is 4.84. The maximum atomic E-state index is 13.8. The molecule has 0 saturated heterocycles. The Kier molecular flexibility index (Phi) is 7.24. The second-order valence-electron chi connectivity index (χ2n) is 11.7. The van der Waals surface area contributed by atoms with Gasteiger partial charge in [-0.2, -0.15) is 0 Å². The van der Waals surface area contributed by atoms with Gasteiger partial charge in [-0.1, -0.05) is 12.1 Å². The van der Waals surface area contributed by atoms with Gasteiger partial charge in [0, 0.05) is 54.3 Å². The number of aromatic nitrogens is 1. The number of fused-ring (bicyclic) bond motifs is 7. The first-order chi connectivity index (χ1) is 20.6. The molecule has 0 radical (unpaired) electrons. The van der Waals surface area contributed by atoms with Crippen LogP contribution in [0.1, 0.15) is 33.3 Å². The molecule has 224 valence electrons. The van der Waals surface area contributed by atoms with E-state index in [4.69, 9.17) is 23.4 Å². The maximum absolute atomic E-state index is 13.8. The van der Waals surface area contributed by atoms with Crippen molar-refractivity contribution in [3.05, 3.63) is 64.5 Å². The molecule has 3 heterocycles. The number of methoxy groups -OCH3 is 2. The van der Waals surface area contributed by atoms with Gasteiger partial charge in [-0.15, -0.1) is 0 Å². The molecule has 0 N–H and O–H groups in total. The molecule has 0 fully saturated rings. The summed E-state index contributed by atoms with van der Waals surface area (Å²) >= 11 is 0. The van der Waals surface area contributed by atoms with E-state index in [-0.39, 0.29) is 12.2 Å². The van der Waals surface area contributed by atoms with Crippen LogP contribution in [-0.2, 0) is 13.0 Å². The second-order valence-corrected chi connectivity index (χ2v) is 11.7. The lowest BCUT2D eigenvalue weighted by atomic mass is 9.91. The summed E-state index contributed by atoms with van der Waals surface area (Å²) in [6.07, 6.45) is 0.652. The van der Waals surface area contributed by atoms with Gasteiger partial charge in [-0.3, -0.25) is 0 Å². The van der Waals surface area contributed by atoms with Crippen molar-refractivity contribution in [3.8, 4) is 45.4 Å². The molecule has 0 unspecified atom stereocenters. The minimum atomic E-state index is -0.393. The first-order valence-electron chi connectivity index (χ1n) is 14.6. The van der Waals surface area contributed by atoms with E-state index < -0.39 is 5.63 Å². The van der Waals surface area contributed by atoms with Gasteiger partial charge < -0.3 is 32.8 Å². The summed E-state index contributed by atoms with van der Waals surface area (Å²) in [6, 6.07) is 16.2. The summed E-state index contributed by atoms with van der Waals surface area (Å²) in [5.41, 5.74) is 6.70.